The molecule has 6 nitrogen and oxygen atoms in total. The maximum atomic E-state index is 12.2. The maximum absolute atomic E-state index is 12.2. The zero-order valence-corrected chi connectivity index (χ0v) is 17.1. The molecule has 1 N–H and O–H groups in total. The van der Waals surface area contributed by atoms with Crippen LogP contribution in [-0.4, -0.2) is 35.6 Å². The molecule has 1 aromatic carbocycles. The van der Waals surface area contributed by atoms with Gasteiger partial charge in [0.25, 0.3) is 5.91 Å². The minimum Gasteiger partial charge on any atom is -0.482 e. The number of benzene rings is 1. The smallest absolute Gasteiger partial charge is 0.344 e. The molecule has 2 aromatic rings. The molecule has 1 aromatic heterocycles. The average Bonchev–Trinajstić information content (AvgIpc) is 2.65. The molecule has 0 spiro atoms. The van der Waals surface area contributed by atoms with Crippen LogP contribution in [0.4, 0.5) is 0 Å². The fourth-order valence-electron chi connectivity index (χ4n) is 2.75. The van der Waals surface area contributed by atoms with Crippen molar-refractivity contribution < 1.29 is 19.1 Å². The van der Waals surface area contributed by atoms with E-state index in [0.717, 1.165) is 5.56 Å². The molecule has 0 saturated carbocycles. The minimum atomic E-state index is -0.717. The van der Waals surface area contributed by atoms with Crippen LogP contribution in [0.25, 0.3) is 0 Å². The molecule has 1 heterocycles. The summed E-state index contributed by atoms with van der Waals surface area (Å²) in [6.07, 6.45) is 3.10. The van der Waals surface area contributed by atoms with E-state index in [1.807, 2.05) is 25.1 Å². The zero-order chi connectivity index (χ0) is 20.7. The molecular formula is C22H28N2O4. The number of carbonyl (C=O) groups is 2. The second kappa shape index (κ2) is 9.35. The third-order valence-corrected chi connectivity index (χ3v) is 4.21. The second-order valence-electron chi connectivity index (χ2n) is 7.70. The number of hydrogen-bond acceptors (Lipinski definition) is 5. The monoisotopic (exact) mass is 384 g/mol. The van der Waals surface area contributed by atoms with Crippen LogP contribution in [0.1, 0.15) is 55.1 Å². The minimum absolute atomic E-state index is 0.0390. The van der Waals surface area contributed by atoms with E-state index in [0.29, 0.717) is 17.2 Å². The first kappa shape index (κ1) is 21.4. The number of carbonyl (C=O) groups excluding carboxylic acids is 2. The van der Waals surface area contributed by atoms with Crippen molar-refractivity contribution in [2.75, 3.05) is 13.2 Å². The predicted molar refractivity (Wildman–Crippen MR) is 108 cm³/mol. The number of nitrogens with zero attached hydrogens (tertiary/aromatic N) is 1. The standard InChI is InChI=1S/C22H28N2O4/c1-15(2)19-7-6-18(12-16(19)3)27-13-20(25)28-14-22(4,5)24-21(26)17-8-10-23-11-9-17/h6-12,15H,13-14H2,1-5H3,(H,24,26). The van der Waals surface area contributed by atoms with Crippen molar-refractivity contribution in [2.45, 2.75) is 46.1 Å². The number of aryl methyl sites for hydroxylation is 1. The number of ether oxygens (including phenoxy) is 2. The van der Waals surface area contributed by atoms with E-state index in [4.69, 9.17) is 9.47 Å². The van der Waals surface area contributed by atoms with Gasteiger partial charge in [-0.15, -0.1) is 0 Å². The lowest BCUT2D eigenvalue weighted by molar-refractivity contribution is -0.147. The lowest BCUT2D eigenvalue weighted by atomic mass is 9.98. The number of hydrogen-bond donors (Lipinski definition) is 1. The van der Waals surface area contributed by atoms with Crippen molar-refractivity contribution in [2.24, 2.45) is 0 Å². The predicted octanol–water partition coefficient (Wildman–Crippen LogP) is 3.64. The van der Waals surface area contributed by atoms with Gasteiger partial charge in [-0.1, -0.05) is 19.9 Å². The molecular weight excluding hydrogens is 356 g/mol. The van der Waals surface area contributed by atoms with Gasteiger partial charge in [-0.05, 0) is 62.1 Å². The summed E-state index contributed by atoms with van der Waals surface area (Å²) in [5, 5.41) is 2.84. The molecule has 0 aliphatic rings. The SMILES string of the molecule is Cc1cc(OCC(=O)OCC(C)(C)NC(=O)c2ccncc2)ccc1C(C)C. The Morgan fingerprint density at radius 2 is 1.82 bits per heavy atom. The van der Waals surface area contributed by atoms with Crippen LogP contribution in [0.2, 0.25) is 0 Å². The van der Waals surface area contributed by atoms with E-state index in [1.54, 1.807) is 38.4 Å². The second-order valence-corrected chi connectivity index (χ2v) is 7.70. The number of rotatable bonds is 8. The Labute approximate surface area is 166 Å². The summed E-state index contributed by atoms with van der Waals surface area (Å²) in [5.74, 6) is 0.324. The molecule has 0 aliphatic heterocycles. The molecule has 2 rings (SSSR count). The largest absolute Gasteiger partial charge is 0.482 e. The number of nitrogens with one attached hydrogen (secondary N) is 1. The zero-order valence-electron chi connectivity index (χ0n) is 17.1. The molecule has 0 saturated heterocycles. The molecule has 1 amide bonds. The summed E-state index contributed by atoms with van der Waals surface area (Å²) in [4.78, 5) is 28.1. The van der Waals surface area contributed by atoms with Crippen LogP contribution in [0.3, 0.4) is 0 Å². The van der Waals surface area contributed by atoms with Gasteiger partial charge in [-0.25, -0.2) is 4.79 Å². The molecule has 28 heavy (non-hydrogen) atoms. The Bertz CT molecular complexity index is 817. The fraction of sp³-hybridized carbons (Fsp3) is 0.409. The molecule has 0 radical (unpaired) electrons. The van der Waals surface area contributed by atoms with Crippen molar-refractivity contribution in [3.8, 4) is 5.75 Å². The lowest BCUT2D eigenvalue weighted by Crippen LogP contribution is -2.47. The van der Waals surface area contributed by atoms with Crippen molar-refractivity contribution in [3.05, 3.63) is 59.4 Å². The highest BCUT2D eigenvalue weighted by molar-refractivity contribution is 5.94. The lowest BCUT2D eigenvalue weighted by Gasteiger charge is -2.25. The Morgan fingerprint density at radius 3 is 2.43 bits per heavy atom. The van der Waals surface area contributed by atoms with Crippen molar-refractivity contribution in [3.63, 3.8) is 0 Å². The van der Waals surface area contributed by atoms with Gasteiger partial charge in [-0.3, -0.25) is 9.78 Å². The molecule has 0 aliphatic carbocycles. The Balaban J connectivity index is 1.81. The van der Waals surface area contributed by atoms with Crippen LogP contribution in [0, 0.1) is 6.92 Å². The fourth-order valence-corrected chi connectivity index (χ4v) is 2.75. The first-order valence-corrected chi connectivity index (χ1v) is 9.29. The molecule has 0 fully saturated rings. The first-order chi connectivity index (χ1) is 13.2. The molecule has 6 heteroatoms. The molecule has 0 bridgehead atoms. The summed E-state index contributed by atoms with van der Waals surface area (Å²) in [5.41, 5.74) is 2.16. The third kappa shape index (κ3) is 6.37. The van der Waals surface area contributed by atoms with Gasteiger partial charge in [0, 0.05) is 18.0 Å². The summed E-state index contributed by atoms with van der Waals surface area (Å²) < 4.78 is 10.8. The van der Waals surface area contributed by atoms with Crippen LogP contribution in [0.15, 0.2) is 42.7 Å². The third-order valence-electron chi connectivity index (χ3n) is 4.21. The van der Waals surface area contributed by atoms with Gasteiger partial charge in [-0.2, -0.15) is 0 Å². The van der Waals surface area contributed by atoms with Gasteiger partial charge in [0.15, 0.2) is 6.61 Å². The van der Waals surface area contributed by atoms with Gasteiger partial charge < -0.3 is 14.8 Å². The van der Waals surface area contributed by atoms with E-state index in [1.165, 1.54) is 5.56 Å². The van der Waals surface area contributed by atoms with Crippen molar-refractivity contribution in [1.82, 2.24) is 10.3 Å². The number of amides is 1. The number of aromatic nitrogens is 1. The Hall–Kier alpha value is -2.89. The Morgan fingerprint density at radius 1 is 1.14 bits per heavy atom. The van der Waals surface area contributed by atoms with Crippen LogP contribution in [0.5, 0.6) is 5.75 Å². The van der Waals surface area contributed by atoms with E-state index in [9.17, 15) is 9.59 Å². The number of esters is 1. The van der Waals surface area contributed by atoms with E-state index in [-0.39, 0.29) is 19.1 Å². The highest BCUT2D eigenvalue weighted by Crippen LogP contribution is 2.23. The molecule has 0 atom stereocenters. The summed E-state index contributed by atoms with van der Waals surface area (Å²) >= 11 is 0. The first-order valence-electron chi connectivity index (χ1n) is 9.29. The van der Waals surface area contributed by atoms with E-state index in [2.05, 4.69) is 24.1 Å². The Kier molecular flexibility index (Phi) is 7.15. The van der Waals surface area contributed by atoms with Gasteiger partial charge >= 0.3 is 5.97 Å². The van der Waals surface area contributed by atoms with E-state index < -0.39 is 11.5 Å². The maximum Gasteiger partial charge on any atom is 0.344 e. The quantitative estimate of drug-likeness (QED) is 0.703. The summed E-state index contributed by atoms with van der Waals surface area (Å²) in [7, 11) is 0. The van der Waals surface area contributed by atoms with E-state index >= 15 is 0 Å². The van der Waals surface area contributed by atoms with Crippen molar-refractivity contribution >= 4 is 11.9 Å². The van der Waals surface area contributed by atoms with Crippen LogP contribution < -0.4 is 10.1 Å². The van der Waals surface area contributed by atoms with Gasteiger partial charge in [0.05, 0.1) is 5.54 Å². The normalized spacial score (nSPS) is 11.2. The molecule has 150 valence electrons. The highest BCUT2D eigenvalue weighted by atomic mass is 16.6. The van der Waals surface area contributed by atoms with Gasteiger partial charge in [0.2, 0.25) is 0 Å². The van der Waals surface area contributed by atoms with Crippen LogP contribution >= 0.6 is 0 Å². The highest BCUT2D eigenvalue weighted by Gasteiger charge is 2.23. The van der Waals surface area contributed by atoms with Crippen molar-refractivity contribution in [1.29, 1.82) is 0 Å². The number of pyridine rings is 1. The summed E-state index contributed by atoms with van der Waals surface area (Å²) in [6.45, 7) is 9.72. The summed E-state index contributed by atoms with van der Waals surface area (Å²) in [6, 6.07) is 9.03. The average molecular weight is 384 g/mol. The topological polar surface area (TPSA) is 77.5 Å². The van der Waals surface area contributed by atoms with Crippen LogP contribution in [-0.2, 0) is 9.53 Å². The van der Waals surface area contributed by atoms with Gasteiger partial charge in [0.1, 0.15) is 12.4 Å². The molecule has 0 unspecified atom stereocenters.